The van der Waals surface area contributed by atoms with Gasteiger partial charge in [-0.15, -0.1) is 0 Å². The van der Waals surface area contributed by atoms with Crippen molar-refractivity contribution in [3.63, 3.8) is 0 Å². The molecule has 0 amide bonds. The van der Waals surface area contributed by atoms with Crippen LogP contribution in [0.15, 0.2) is 59.1 Å². The highest BCUT2D eigenvalue weighted by Gasteiger charge is 2.09. The molecule has 3 heteroatoms. The Labute approximate surface area is 117 Å². The second kappa shape index (κ2) is 6.57. The predicted octanol–water partition coefficient (Wildman–Crippen LogP) is 3.41. The Morgan fingerprint density at radius 2 is 1.61 bits per heavy atom. The third-order valence-electron chi connectivity index (χ3n) is 2.81. The van der Waals surface area contributed by atoms with Crippen molar-refractivity contribution in [2.75, 3.05) is 18.0 Å². The maximum atomic E-state index is 5.71. The molecule has 2 rings (SSSR count). The first-order valence-electron chi connectivity index (χ1n) is 6.04. The Morgan fingerprint density at radius 3 is 2.28 bits per heavy atom. The van der Waals surface area contributed by atoms with Crippen LogP contribution in [-0.2, 0) is 6.54 Å². The van der Waals surface area contributed by atoms with Gasteiger partial charge in [-0.3, -0.25) is 0 Å². The van der Waals surface area contributed by atoms with Crippen LogP contribution in [-0.4, -0.2) is 13.1 Å². The van der Waals surface area contributed by atoms with Crippen molar-refractivity contribution in [3.8, 4) is 0 Å². The SMILES string of the molecule is NCCN(Cc1ccccc1)c1ccccc1Br. The molecule has 2 nitrogen and oxygen atoms in total. The number of hydrogen-bond acceptors (Lipinski definition) is 2. The molecule has 0 saturated heterocycles. The van der Waals surface area contributed by atoms with Crippen LogP contribution in [0.1, 0.15) is 5.56 Å². The van der Waals surface area contributed by atoms with Crippen molar-refractivity contribution in [1.82, 2.24) is 0 Å². The molecule has 0 unspecified atom stereocenters. The van der Waals surface area contributed by atoms with E-state index in [0.717, 1.165) is 17.6 Å². The summed E-state index contributed by atoms with van der Waals surface area (Å²) in [5.74, 6) is 0. The first-order valence-corrected chi connectivity index (χ1v) is 6.84. The van der Waals surface area contributed by atoms with E-state index in [9.17, 15) is 0 Å². The summed E-state index contributed by atoms with van der Waals surface area (Å²) in [4.78, 5) is 2.29. The van der Waals surface area contributed by atoms with Crippen molar-refractivity contribution in [2.24, 2.45) is 5.73 Å². The van der Waals surface area contributed by atoms with Gasteiger partial charge in [0.2, 0.25) is 0 Å². The van der Waals surface area contributed by atoms with Gasteiger partial charge in [-0.1, -0.05) is 42.5 Å². The fourth-order valence-corrected chi connectivity index (χ4v) is 2.49. The number of halogens is 1. The van der Waals surface area contributed by atoms with Gasteiger partial charge >= 0.3 is 0 Å². The second-order valence-electron chi connectivity index (χ2n) is 4.15. The summed E-state index contributed by atoms with van der Waals surface area (Å²) in [6.07, 6.45) is 0. The minimum absolute atomic E-state index is 0.647. The molecule has 0 radical (unpaired) electrons. The summed E-state index contributed by atoms with van der Waals surface area (Å²) >= 11 is 3.60. The van der Waals surface area contributed by atoms with Crippen molar-refractivity contribution in [1.29, 1.82) is 0 Å². The number of para-hydroxylation sites is 1. The molecule has 18 heavy (non-hydrogen) atoms. The number of hydrogen-bond donors (Lipinski definition) is 1. The molecule has 0 fully saturated rings. The molecule has 2 N–H and O–H groups in total. The van der Waals surface area contributed by atoms with Crippen LogP contribution in [0.3, 0.4) is 0 Å². The summed E-state index contributed by atoms with van der Waals surface area (Å²) in [6.45, 7) is 2.37. The normalized spacial score (nSPS) is 10.3. The average Bonchev–Trinajstić information content (AvgIpc) is 2.40. The monoisotopic (exact) mass is 304 g/mol. The number of anilines is 1. The summed E-state index contributed by atoms with van der Waals surface area (Å²) in [5, 5.41) is 0. The van der Waals surface area contributed by atoms with Gasteiger partial charge in [-0.05, 0) is 33.6 Å². The Bertz CT molecular complexity index is 485. The van der Waals surface area contributed by atoms with Gasteiger partial charge < -0.3 is 10.6 Å². The third kappa shape index (κ3) is 3.34. The number of rotatable bonds is 5. The van der Waals surface area contributed by atoms with Gasteiger partial charge in [-0.25, -0.2) is 0 Å². The highest BCUT2D eigenvalue weighted by Crippen LogP contribution is 2.26. The van der Waals surface area contributed by atoms with Gasteiger partial charge in [0.05, 0.1) is 5.69 Å². The van der Waals surface area contributed by atoms with Crippen LogP contribution in [0, 0.1) is 0 Å². The number of nitrogens with zero attached hydrogens (tertiary/aromatic N) is 1. The van der Waals surface area contributed by atoms with E-state index >= 15 is 0 Å². The highest BCUT2D eigenvalue weighted by molar-refractivity contribution is 9.10. The molecule has 0 saturated carbocycles. The molecular formula is C15H17BrN2. The lowest BCUT2D eigenvalue weighted by molar-refractivity contribution is 0.788. The van der Waals surface area contributed by atoms with Crippen molar-refractivity contribution in [2.45, 2.75) is 6.54 Å². The molecule has 2 aromatic rings. The fraction of sp³-hybridized carbons (Fsp3) is 0.200. The van der Waals surface area contributed by atoms with Crippen LogP contribution >= 0.6 is 15.9 Å². The van der Waals surface area contributed by atoms with Crippen LogP contribution in [0.5, 0.6) is 0 Å². The van der Waals surface area contributed by atoms with E-state index in [4.69, 9.17) is 5.73 Å². The molecule has 0 atom stereocenters. The van der Waals surface area contributed by atoms with Gasteiger partial charge in [0.1, 0.15) is 0 Å². The van der Waals surface area contributed by atoms with Gasteiger partial charge in [0, 0.05) is 24.1 Å². The van der Waals surface area contributed by atoms with Crippen molar-refractivity contribution in [3.05, 3.63) is 64.6 Å². The lowest BCUT2D eigenvalue weighted by Crippen LogP contribution is -2.29. The molecule has 2 aromatic carbocycles. The van der Waals surface area contributed by atoms with Gasteiger partial charge in [0.25, 0.3) is 0 Å². The molecule has 0 bridgehead atoms. The van der Waals surface area contributed by atoms with E-state index < -0.39 is 0 Å². The molecule has 0 spiro atoms. The van der Waals surface area contributed by atoms with Gasteiger partial charge in [-0.2, -0.15) is 0 Å². The smallest absolute Gasteiger partial charge is 0.0514 e. The average molecular weight is 305 g/mol. The van der Waals surface area contributed by atoms with E-state index in [1.165, 1.54) is 11.3 Å². The van der Waals surface area contributed by atoms with E-state index in [-0.39, 0.29) is 0 Å². The van der Waals surface area contributed by atoms with Gasteiger partial charge in [0.15, 0.2) is 0 Å². The van der Waals surface area contributed by atoms with E-state index in [0.29, 0.717) is 6.54 Å². The Hall–Kier alpha value is -1.32. The largest absolute Gasteiger partial charge is 0.365 e. The lowest BCUT2D eigenvalue weighted by atomic mass is 10.2. The molecule has 0 heterocycles. The molecule has 0 aliphatic carbocycles. The molecule has 94 valence electrons. The fourth-order valence-electron chi connectivity index (χ4n) is 1.95. The highest BCUT2D eigenvalue weighted by atomic mass is 79.9. The van der Waals surface area contributed by atoms with Crippen LogP contribution in [0.2, 0.25) is 0 Å². The summed E-state index contributed by atoms with van der Waals surface area (Å²) in [7, 11) is 0. The first kappa shape index (κ1) is 13.1. The summed E-state index contributed by atoms with van der Waals surface area (Å²) in [6, 6.07) is 18.7. The Kier molecular flexibility index (Phi) is 4.79. The zero-order valence-electron chi connectivity index (χ0n) is 10.2. The Morgan fingerprint density at radius 1 is 0.944 bits per heavy atom. The second-order valence-corrected chi connectivity index (χ2v) is 5.00. The minimum atomic E-state index is 0.647. The minimum Gasteiger partial charge on any atom is -0.365 e. The first-order chi connectivity index (χ1) is 8.81. The van der Waals surface area contributed by atoms with E-state index in [1.807, 2.05) is 12.1 Å². The molecular weight excluding hydrogens is 288 g/mol. The topological polar surface area (TPSA) is 29.3 Å². The lowest BCUT2D eigenvalue weighted by Gasteiger charge is -2.25. The summed E-state index contributed by atoms with van der Waals surface area (Å²) < 4.78 is 1.11. The summed E-state index contributed by atoms with van der Waals surface area (Å²) in [5.41, 5.74) is 8.19. The number of nitrogens with two attached hydrogens (primary N) is 1. The van der Waals surface area contributed by atoms with E-state index in [2.05, 4.69) is 63.3 Å². The molecule has 0 aromatic heterocycles. The molecule has 0 aliphatic rings. The maximum absolute atomic E-state index is 5.71. The van der Waals surface area contributed by atoms with E-state index in [1.54, 1.807) is 0 Å². The van der Waals surface area contributed by atoms with Crippen molar-refractivity contribution >= 4 is 21.6 Å². The standard InChI is InChI=1S/C15H17BrN2/c16-14-8-4-5-9-15(14)18(11-10-17)12-13-6-2-1-3-7-13/h1-9H,10-12,17H2. The maximum Gasteiger partial charge on any atom is 0.0514 e. The predicted molar refractivity (Wildman–Crippen MR) is 80.7 cm³/mol. The third-order valence-corrected chi connectivity index (χ3v) is 3.48. The quantitative estimate of drug-likeness (QED) is 0.917. The zero-order valence-corrected chi connectivity index (χ0v) is 11.8. The van der Waals surface area contributed by atoms with Crippen molar-refractivity contribution < 1.29 is 0 Å². The Balaban J connectivity index is 2.21. The number of benzene rings is 2. The van der Waals surface area contributed by atoms with Crippen LogP contribution in [0.4, 0.5) is 5.69 Å². The van der Waals surface area contributed by atoms with Crippen LogP contribution in [0.25, 0.3) is 0 Å². The van der Waals surface area contributed by atoms with Crippen LogP contribution < -0.4 is 10.6 Å². The molecule has 0 aliphatic heterocycles. The zero-order chi connectivity index (χ0) is 12.8.